The summed E-state index contributed by atoms with van der Waals surface area (Å²) in [7, 11) is -12.1. The lowest BCUT2D eigenvalue weighted by atomic mass is 9.87. The van der Waals surface area contributed by atoms with Gasteiger partial charge in [0.2, 0.25) is 0 Å². The van der Waals surface area contributed by atoms with Crippen LogP contribution in [0.3, 0.4) is 0 Å². The maximum Gasteiger partial charge on any atom is 0.673 e. The number of hydrogen-bond donors (Lipinski definition) is 0. The molecule has 0 aliphatic heterocycles. The summed E-state index contributed by atoms with van der Waals surface area (Å²) < 4.78 is 104. The van der Waals surface area contributed by atoms with Crippen LogP contribution in [0.25, 0.3) is 0 Å². The van der Waals surface area contributed by atoms with Crippen LogP contribution in [0.4, 0.5) is 30.4 Å². The second-order valence-electron chi connectivity index (χ2n) is 11.7. The molecular weight excluding hydrogens is 874 g/mol. The molecule has 0 saturated carbocycles. The van der Waals surface area contributed by atoms with Gasteiger partial charge in [-0.1, -0.05) is 102 Å². The van der Waals surface area contributed by atoms with Gasteiger partial charge >= 0.3 is 55.2 Å². The fourth-order valence-corrected chi connectivity index (χ4v) is 7.66. The van der Waals surface area contributed by atoms with E-state index in [-0.39, 0.29) is 53.2 Å². The fourth-order valence-electron chi connectivity index (χ4n) is 3.23. The Kier molecular flexibility index (Phi) is 16.9. The highest BCUT2D eigenvalue weighted by atomic mass is 127. The molecule has 3 nitrogen and oxygen atoms in total. The Bertz CT molecular complexity index is 1470. The lowest BCUT2D eigenvalue weighted by molar-refractivity contribution is -0.597. The molecule has 0 fully saturated rings. The molecule has 0 aromatic heterocycles. The van der Waals surface area contributed by atoms with Gasteiger partial charge in [0.1, 0.15) is 0 Å². The van der Waals surface area contributed by atoms with Crippen molar-refractivity contribution in [3.8, 4) is 0 Å². The Labute approximate surface area is 293 Å². The normalized spacial score (nSPS) is 12.0. The zero-order valence-electron chi connectivity index (χ0n) is 26.5. The van der Waals surface area contributed by atoms with E-state index in [1.807, 2.05) is 0 Å². The molecule has 0 radical (unpaired) electrons. The zero-order valence-corrected chi connectivity index (χ0v) is 31.6. The molecule has 0 unspecified atom stereocenters. The van der Waals surface area contributed by atoms with Crippen molar-refractivity contribution in [1.29, 1.82) is 0 Å². The molecule has 47 heavy (non-hydrogen) atoms. The molecule has 0 aliphatic rings. The molecule has 4 aromatic carbocycles. The second kappa shape index (κ2) is 18.5. The van der Waals surface area contributed by atoms with Crippen LogP contribution in [-0.2, 0) is 20.9 Å². The minimum absolute atomic E-state index is 0.0287. The molecule has 0 spiro atoms. The van der Waals surface area contributed by atoms with E-state index >= 15 is 0 Å². The number of alkyl halides is 3. The third kappa shape index (κ3) is 19.4. The first-order valence-electron chi connectivity index (χ1n) is 13.9. The summed E-state index contributed by atoms with van der Waals surface area (Å²) in [6.45, 7) is 13.6. The number of hydrogen-bond acceptors (Lipinski definition) is 3. The van der Waals surface area contributed by atoms with Crippen LogP contribution in [0.5, 0.6) is 0 Å². The van der Waals surface area contributed by atoms with E-state index in [1.165, 1.54) is 25.4 Å². The van der Waals surface area contributed by atoms with Crippen LogP contribution in [0.1, 0.15) is 52.7 Å². The maximum atomic E-state index is 10.7. The first kappa shape index (κ1) is 42.8. The first-order valence-corrected chi connectivity index (χ1v) is 19.6. The van der Waals surface area contributed by atoms with Gasteiger partial charge in [-0.05, 0) is 70.5 Å². The highest BCUT2D eigenvalue weighted by Crippen LogP contribution is 2.22. The van der Waals surface area contributed by atoms with E-state index in [2.05, 4.69) is 151 Å². The topological polar surface area (TPSA) is 57.2 Å². The van der Waals surface area contributed by atoms with Crippen molar-refractivity contribution in [3.63, 3.8) is 0 Å². The molecule has 0 aliphatic carbocycles. The van der Waals surface area contributed by atoms with Crippen LogP contribution in [0.2, 0.25) is 0 Å². The Balaban J connectivity index is 0.000000360. The summed E-state index contributed by atoms with van der Waals surface area (Å²) in [5, 5.41) is 0. The third-order valence-electron chi connectivity index (χ3n) is 5.61. The molecule has 0 saturated heterocycles. The van der Waals surface area contributed by atoms with Gasteiger partial charge in [0.05, 0.1) is 0 Å². The summed E-state index contributed by atoms with van der Waals surface area (Å²) in [4.78, 5) is 0. The summed E-state index contributed by atoms with van der Waals surface area (Å²) >= 11 is -0.0416. The van der Waals surface area contributed by atoms with Crippen molar-refractivity contribution < 1.29 is 85.8 Å². The first-order chi connectivity index (χ1) is 21.4. The Morgan fingerprint density at radius 1 is 0.511 bits per heavy atom. The predicted octanol–water partition coefficient (Wildman–Crippen LogP) is 3.58. The fraction of sp³-hybridized carbons (Fsp3) is 0.273. The van der Waals surface area contributed by atoms with Crippen molar-refractivity contribution >= 4 is 17.4 Å². The molecule has 0 amide bonds. The van der Waals surface area contributed by atoms with Gasteiger partial charge in [0, 0.05) is 0 Å². The van der Waals surface area contributed by atoms with Crippen molar-refractivity contribution in [2.45, 2.75) is 57.9 Å². The van der Waals surface area contributed by atoms with Crippen molar-refractivity contribution in [3.05, 3.63) is 135 Å². The van der Waals surface area contributed by atoms with E-state index < -0.39 is 22.9 Å². The van der Waals surface area contributed by atoms with Crippen LogP contribution >= 0.6 is 0 Å². The maximum absolute atomic E-state index is 10.7. The molecular formula is C33H36BF7I2O3S. The van der Waals surface area contributed by atoms with E-state index in [4.69, 9.17) is 13.0 Å². The van der Waals surface area contributed by atoms with Gasteiger partial charge in [-0.2, -0.15) is 13.2 Å². The van der Waals surface area contributed by atoms with Gasteiger partial charge in [-0.15, -0.1) is 0 Å². The molecule has 4 rings (SSSR count). The highest BCUT2D eigenvalue weighted by Gasteiger charge is 2.37. The monoisotopic (exact) mass is 910 g/mol. The standard InChI is InChI=1S/C20H26I.C12H10I.CHF3O3S.BF4/c1-19(2,3)15-7-11-17(12-8-15)21-18-13-9-16(10-14-18)20(4,5)6;1-3-7-11(8-4-1)13-12-9-5-2-6-10-12;2-1(3,4)8(5,6)7;2-1(3,4)5/h7-14H,1-6H3;1-10H;(H,5,6,7);/q2*+1;;-1/p-1. The number of halogens is 9. The third-order valence-corrected chi connectivity index (χ3v) is 11.5. The molecule has 0 bridgehead atoms. The van der Waals surface area contributed by atoms with Crippen LogP contribution < -0.4 is 42.4 Å². The van der Waals surface area contributed by atoms with Crippen molar-refractivity contribution in [2.24, 2.45) is 0 Å². The minimum Gasteiger partial charge on any atom is -0.741 e. The SMILES string of the molecule is CC(C)(C)c1ccc([I+]c2ccc(C(C)(C)C)cc2)cc1.F[B-](F)(F)F.O=S(=O)([O-])C(F)(F)F.c1ccc([I+]c2ccccc2)cc1. The highest BCUT2D eigenvalue weighted by molar-refractivity contribution is 7.86. The Morgan fingerprint density at radius 3 is 0.915 bits per heavy atom. The Hall–Kier alpha value is -2.18. The van der Waals surface area contributed by atoms with E-state index in [9.17, 15) is 30.4 Å². The lowest BCUT2D eigenvalue weighted by Gasteiger charge is -2.18. The predicted molar refractivity (Wildman–Crippen MR) is 164 cm³/mol. The van der Waals surface area contributed by atoms with Crippen molar-refractivity contribution in [2.75, 3.05) is 0 Å². The molecule has 4 aromatic rings. The molecule has 14 heteroatoms. The average molecular weight is 910 g/mol. The van der Waals surface area contributed by atoms with E-state index in [0.29, 0.717) is 0 Å². The summed E-state index contributed by atoms with van der Waals surface area (Å²) in [5.74, 6) is 0. The summed E-state index contributed by atoms with van der Waals surface area (Å²) in [6, 6.07) is 39.8. The zero-order chi connectivity index (χ0) is 36.1. The molecule has 0 N–H and O–H groups in total. The summed E-state index contributed by atoms with van der Waals surface area (Å²) in [6.07, 6.45) is 0. The average Bonchev–Trinajstić information content (AvgIpc) is 2.93. The van der Waals surface area contributed by atoms with Crippen LogP contribution in [0, 0.1) is 14.3 Å². The second-order valence-corrected chi connectivity index (χ2v) is 19.1. The number of rotatable bonds is 4. The van der Waals surface area contributed by atoms with Crippen LogP contribution in [-0.4, -0.2) is 25.7 Å². The van der Waals surface area contributed by atoms with Gasteiger partial charge in [-0.25, -0.2) is 8.42 Å². The van der Waals surface area contributed by atoms with Gasteiger partial charge in [0.25, 0.3) is 0 Å². The molecule has 258 valence electrons. The van der Waals surface area contributed by atoms with E-state index in [0.717, 1.165) is 0 Å². The molecule has 0 heterocycles. The van der Waals surface area contributed by atoms with Gasteiger partial charge in [0.15, 0.2) is 24.4 Å². The summed E-state index contributed by atoms with van der Waals surface area (Å²) in [5.41, 5.74) is -2.33. The minimum atomic E-state index is -6.09. The lowest BCUT2D eigenvalue weighted by Crippen LogP contribution is -3.61. The molecule has 0 atom stereocenters. The van der Waals surface area contributed by atoms with Gasteiger partial charge in [-0.3, -0.25) is 0 Å². The van der Waals surface area contributed by atoms with Crippen LogP contribution in [0.15, 0.2) is 109 Å². The quantitative estimate of drug-likeness (QED) is 0.104. The Morgan fingerprint density at radius 2 is 0.723 bits per heavy atom. The number of benzene rings is 4. The van der Waals surface area contributed by atoms with Crippen molar-refractivity contribution in [1.82, 2.24) is 0 Å². The van der Waals surface area contributed by atoms with Gasteiger partial charge < -0.3 is 21.8 Å². The largest absolute Gasteiger partial charge is 0.741 e. The van der Waals surface area contributed by atoms with E-state index in [1.54, 1.807) is 0 Å². The smallest absolute Gasteiger partial charge is 0.673 e.